The largest absolute Gasteiger partial charge is 0.469 e. The third-order valence-corrected chi connectivity index (χ3v) is 9.71. The highest BCUT2D eigenvalue weighted by Crippen LogP contribution is 2.44. The van der Waals surface area contributed by atoms with Crippen LogP contribution in [-0.4, -0.2) is 59.2 Å². The van der Waals surface area contributed by atoms with E-state index in [0.29, 0.717) is 54.9 Å². The molecule has 0 bridgehead atoms. The molecule has 0 unspecified atom stereocenters. The molecule has 42 heavy (non-hydrogen) atoms. The van der Waals surface area contributed by atoms with Crippen molar-refractivity contribution in [2.24, 2.45) is 5.41 Å². The van der Waals surface area contributed by atoms with E-state index in [1.54, 1.807) is 7.05 Å². The molecule has 1 aliphatic carbocycles. The van der Waals surface area contributed by atoms with E-state index in [-0.39, 0.29) is 41.2 Å². The second-order valence-corrected chi connectivity index (χ2v) is 13.3. The monoisotopic (exact) mass is 597 g/mol. The number of pyridine rings is 1. The van der Waals surface area contributed by atoms with Crippen LogP contribution in [0.3, 0.4) is 0 Å². The Hall–Kier alpha value is -3.28. The molecule has 0 atom stereocenters. The lowest BCUT2D eigenvalue weighted by Crippen LogP contribution is -2.34. The SMILES string of the molecule is CNC(=O)c1c(-c2ccc(C)cc2)oc2nc(CS(=O)(=O)NCCCC3(CC(=O)OC)CCOCC3)c(C3CC3)cc12. The van der Waals surface area contributed by atoms with Crippen LogP contribution in [0, 0.1) is 12.3 Å². The molecular formula is C31H39N3O7S. The van der Waals surface area contributed by atoms with E-state index in [2.05, 4.69) is 15.0 Å². The Morgan fingerprint density at radius 3 is 2.50 bits per heavy atom. The highest BCUT2D eigenvalue weighted by molar-refractivity contribution is 7.88. The van der Waals surface area contributed by atoms with Gasteiger partial charge in [0.1, 0.15) is 11.5 Å². The number of aryl methyl sites for hydroxylation is 1. The summed E-state index contributed by atoms with van der Waals surface area (Å²) in [4.78, 5) is 29.7. The lowest BCUT2D eigenvalue weighted by molar-refractivity contribution is -0.145. The summed E-state index contributed by atoms with van der Waals surface area (Å²) < 4.78 is 45.7. The van der Waals surface area contributed by atoms with E-state index in [1.165, 1.54) is 7.11 Å². The predicted octanol–water partition coefficient (Wildman–Crippen LogP) is 4.60. The number of aromatic nitrogens is 1. The molecule has 1 amide bonds. The van der Waals surface area contributed by atoms with E-state index >= 15 is 0 Å². The van der Waals surface area contributed by atoms with Crippen LogP contribution >= 0.6 is 0 Å². The molecule has 11 heteroatoms. The van der Waals surface area contributed by atoms with Gasteiger partial charge in [-0.2, -0.15) is 0 Å². The van der Waals surface area contributed by atoms with Crippen LogP contribution in [0.5, 0.6) is 0 Å². The Morgan fingerprint density at radius 1 is 1.14 bits per heavy atom. The van der Waals surface area contributed by atoms with Crippen molar-refractivity contribution in [1.82, 2.24) is 15.0 Å². The van der Waals surface area contributed by atoms with Crippen molar-refractivity contribution in [3.05, 3.63) is 52.7 Å². The fraction of sp³-hybridized carbons (Fsp3) is 0.516. The van der Waals surface area contributed by atoms with Gasteiger partial charge in [0.25, 0.3) is 5.91 Å². The first kappa shape index (κ1) is 30.2. The maximum absolute atomic E-state index is 13.2. The third-order valence-electron chi connectivity index (χ3n) is 8.41. The Labute approximate surface area is 246 Å². The molecule has 1 aromatic carbocycles. The Morgan fingerprint density at radius 2 is 1.86 bits per heavy atom. The molecule has 10 nitrogen and oxygen atoms in total. The van der Waals surface area contributed by atoms with Crippen molar-refractivity contribution in [3.8, 4) is 11.3 Å². The number of ether oxygens (including phenoxy) is 2. The number of carbonyl (C=O) groups excluding carboxylic acids is 2. The first-order chi connectivity index (χ1) is 20.1. The minimum Gasteiger partial charge on any atom is -0.469 e. The number of nitrogens with one attached hydrogen (secondary N) is 2. The Balaban J connectivity index is 1.36. The lowest BCUT2D eigenvalue weighted by atomic mass is 9.74. The van der Waals surface area contributed by atoms with Gasteiger partial charge in [0.05, 0.1) is 30.2 Å². The number of rotatable bonds is 12. The number of sulfonamides is 1. The molecule has 2 N–H and O–H groups in total. The minimum absolute atomic E-state index is 0.203. The maximum Gasteiger partial charge on any atom is 0.306 e. The van der Waals surface area contributed by atoms with Crippen LogP contribution in [0.25, 0.3) is 22.4 Å². The third kappa shape index (κ3) is 6.85. The molecule has 1 saturated carbocycles. The summed E-state index contributed by atoms with van der Waals surface area (Å²) in [7, 11) is -0.757. The molecule has 1 aliphatic heterocycles. The van der Waals surface area contributed by atoms with Gasteiger partial charge in [0, 0.05) is 32.4 Å². The standard InChI is InChI=1S/C31H39N3O7S/c1-20-5-7-22(8-6-20)28-27(29(36)32-2)24-17-23(21-9-10-21)25(34-30(24)41-28)19-42(37,38)33-14-4-11-31(18-26(35)39-3)12-15-40-16-13-31/h5-8,17,21,33H,4,9-16,18-19H2,1-3H3,(H,32,36). The van der Waals surface area contributed by atoms with Gasteiger partial charge in [0.15, 0.2) is 0 Å². The molecule has 5 rings (SSSR count). The van der Waals surface area contributed by atoms with Crippen molar-refractivity contribution in [3.63, 3.8) is 0 Å². The van der Waals surface area contributed by atoms with Crippen molar-refractivity contribution < 1.29 is 31.9 Å². The molecule has 226 valence electrons. The van der Waals surface area contributed by atoms with Crippen LogP contribution in [0.15, 0.2) is 34.7 Å². The zero-order valence-corrected chi connectivity index (χ0v) is 25.3. The van der Waals surface area contributed by atoms with Gasteiger partial charge in [-0.1, -0.05) is 29.8 Å². The number of fused-ring (bicyclic) bond motifs is 1. The zero-order chi connectivity index (χ0) is 29.9. The molecule has 2 aromatic heterocycles. The van der Waals surface area contributed by atoms with Gasteiger partial charge >= 0.3 is 5.97 Å². The smallest absolute Gasteiger partial charge is 0.306 e. The number of methoxy groups -OCH3 is 1. The van der Waals surface area contributed by atoms with Crippen LogP contribution in [0.1, 0.15) is 78.0 Å². The number of hydrogen-bond acceptors (Lipinski definition) is 8. The number of esters is 1. The summed E-state index contributed by atoms with van der Waals surface area (Å²) in [5, 5.41) is 3.28. The van der Waals surface area contributed by atoms with Gasteiger partial charge < -0.3 is 19.2 Å². The quantitative estimate of drug-likeness (QED) is 0.228. The van der Waals surface area contributed by atoms with E-state index in [4.69, 9.17) is 13.9 Å². The first-order valence-electron chi connectivity index (χ1n) is 14.5. The summed E-state index contributed by atoms with van der Waals surface area (Å²) in [6.45, 7) is 3.41. The van der Waals surface area contributed by atoms with Crippen molar-refractivity contribution in [1.29, 1.82) is 0 Å². The average Bonchev–Trinajstić information content (AvgIpc) is 3.75. The number of furan rings is 1. The maximum atomic E-state index is 13.2. The lowest BCUT2D eigenvalue weighted by Gasteiger charge is -2.36. The second kappa shape index (κ2) is 12.5. The first-order valence-corrected chi connectivity index (χ1v) is 16.2. The summed E-state index contributed by atoms with van der Waals surface area (Å²) in [6, 6.07) is 9.57. The second-order valence-electron chi connectivity index (χ2n) is 11.5. The van der Waals surface area contributed by atoms with Crippen molar-refractivity contribution >= 4 is 33.0 Å². The summed E-state index contributed by atoms with van der Waals surface area (Å²) in [5.74, 6) is -0.218. The highest BCUT2D eigenvalue weighted by Gasteiger charge is 2.35. The Bertz CT molecular complexity index is 1550. The highest BCUT2D eigenvalue weighted by atomic mass is 32.2. The summed E-state index contributed by atoms with van der Waals surface area (Å²) in [6.07, 6.45) is 4.97. The molecule has 0 radical (unpaired) electrons. The normalized spacial score (nSPS) is 16.8. The van der Waals surface area contributed by atoms with Gasteiger partial charge in [-0.15, -0.1) is 0 Å². The van der Waals surface area contributed by atoms with E-state index in [0.717, 1.165) is 42.4 Å². The van der Waals surface area contributed by atoms with E-state index < -0.39 is 10.0 Å². The number of nitrogens with zero attached hydrogens (tertiary/aromatic N) is 1. The fourth-order valence-corrected chi connectivity index (χ4v) is 6.97. The molecule has 3 heterocycles. The van der Waals surface area contributed by atoms with Crippen LogP contribution in [-0.2, 0) is 30.0 Å². The minimum atomic E-state index is -3.71. The molecule has 3 aromatic rings. The molecule has 0 spiro atoms. The molecular weight excluding hydrogens is 558 g/mol. The predicted molar refractivity (Wildman–Crippen MR) is 159 cm³/mol. The van der Waals surface area contributed by atoms with Gasteiger partial charge in [0.2, 0.25) is 15.7 Å². The van der Waals surface area contributed by atoms with Gasteiger partial charge in [-0.05, 0) is 68.4 Å². The number of carbonyl (C=O) groups is 2. The summed E-state index contributed by atoms with van der Waals surface area (Å²) in [5.41, 5.74) is 3.51. The number of benzene rings is 1. The molecule has 2 fully saturated rings. The average molecular weight is 598 g/mol. The van der Waals surface area contributed by atoms with Crippen molar-refractivity contribution in [2.75, 3.05) is 33.9 Å². The zero-order valence-electron chi connectivity index (χ0n) is 24.5. The Kier molecular flexibility index (Phi) is 9.00. The number of amides is 1. The topological polar surface area (TPSA) is 137 Å². The van der Waals surface area contributed by atoms with E-state index in [1.807, 2.05) is 37.3 Å². The number of hydrogen-bond donors (Lipinski definition) is 2. The molecule has 2 aliphatic rings. The van der Waals surface area contributed by atoms with Gasteiger partial charge in [-0.25, -0.2) is 18.1 Å². The summed E-state index contributed by atoms with van der Waals surface area (Å²) >= 11 is 0. The fourth-order valence-electron chi connectivity index (χ4n) is 5.82. The molecule has 1 saturated heterocycles. The van der Waals surface area contributed by atoms with Crippen LogP contribution in [0.4, 0.5) is 0 Å². The van der Waals surface area contributed by atoms with Crippen LogP contribution < -0.4 is 10.0 Å². The van der Waals surface area contributed by atoms with E-state index in [9.17, 15) is 18.0 Å². The van der Waals surface area contributed by atoms with Crippen molar-refractivity contribution in [2.45, 2.75) is 63.5 Å². The van der Waals surface area contributed by atoms with Crippen LogP contribution in [0.2, 0.25) is 0 Å². The van der Waals surface area contributed by atoms with Gasteiger partial charge in [-0.3, -0.25) is 9.59 Å².